The predicted octanol–water partition coefficient (Wildman–Crippen LogP) is 2.13. The molecular formula is C17H25NO5. The summed E-state index contributed by atoms with van der Waals surface area (Å²) in [5.41, 5.74) is 0. The third-order valence-electron chi connectivity index (χ3n) is 4.12. The maximum Gasteiger partial charge on any atom is 0.407 e. The molecule has 2 fully saturated rings. The third kappa shape index (κ3) is 5.76. The maximum atomic E-state index is 11.4. The highest BCUT2D eigenvalue weighted by Crippen LogP contribution is 2.32. The number of hydrogen-bond donors (Lipinski definition) is 1. The van der Waals surface area contributed by atoms with Gasteiger partial charge in [-0.25, -0.2) is 9.59 Å². The number of rotatable bonds is 4. The first kappa shape index (κ1) is 17.6. The molecule has 2 aliphatic rings. The van der Waals surface area contributed by atoms with Gasteiger partial charge in [-0.15, -0.1) is 0 Å². The molecule has 128 valence electrons. The van der Waals surface area contributed by atoms with Crippen molar-refractivity contribution in [3.63, 3.8) is 0 Å². The Morgan fingerprint density at radius 2 is 1.87 bits per heavy atom. The molecule has 0 atom stereocenters. The molecule has 1 heterocycles. The predicted molar refractivity (Wildman–Crippen MR) is 83.8 cm³/mol. The van der Waals surface area contributed by atoms with Crippen molar-refractivity contribution in [1.82, 2.24) is 4.90 Å². The molecule has 1 aliphatic carbocycles. The van der Waals surface area contributed by atoms with Crippen LogP contribution < -0.4 is 0 Å². The van der Waals surface area contributed by atoms with Crippen LogP contribution in [0.3, 0.4) is 0 Å². The Hall–Kier alpha value is -1.74. The Bertz CT molecular complexity index is 479. The molecule has 0 bridgehead atoms. The summed E-state index contributed by atoms with van der Waals surface area (Å²) in [7, 11) is 0. The van der Waals surface area contributed by atoms with Crippen molar-refractivity contribution in [2.45, 2.75) is 51.7 Å². The van der Waals surface area contributed by atoms with Crippen LogP contribution in [0, 0.1) is 23.7 Å². The van der Waals surface area contributed by atoms with Gasteiger partial charge in [0.25, 0.3) is 0 Å². The zero-order valence-electron chi connectivity index (χ0n) is 13.8. The Balaban J connectivity index is 1.61. The lowest BCUT2D eigenvalue weighted by Crippen LogP contribution is -2.43. The van der Waals surface area contributed by atoms with E-state index in [0.717, 1.165) is 25.7 Å². The van der Waals surface area contributed by atoms with Crippen LogP contribution in [0.25, 0.3) is 0 Å². The molecule has 6 heteroatoms. The van der Waals surface area contributed by atoms with Gasteiger partial charge in [0.15, 0.2) is 0 Å². The van der Waals surface area contributed by atoms with Gasteiger partial charge in [0, 0.05) is 24.9 Å². The second-order valence-electron chi connectivity index (χ2n) is 6.66. The number of carbonyl (C=O) groups is 2. The highest BCUT2D eigenvalue weighted by Gasteiger charge is 2.32. The summed E-state index contributed by atoms with van der Waals surface area (Å²) < 4.78 is 11.0. The van der Waals surface area contributed by atoms with E-state index in [1.54, 1.807) is 0 Å². The number of hydrogen-bond acceptors (Lipinski definition) is 4. The molecule has 0 aromatic carbocycles. The highest BCUT2D eigenvalue weighted by atomic mass is 16.5. The van der Waals surface area contributed by atoms with Crippen molar-refractivity contribution < 1.29 is 24.2 Å². The molecule has 6 nitrogen and oxygen atoms in total. The van der Waals surface area contributed by atoms with Crippen LogP contribution in [0.4, 0.5) is 4.79 Å². The number of likely N-dealkylation sites (tertiary alicyclic amines) is 1. The molecule has 1 saturated heterocycles. The Morgan fingerprint density at radius 3 is 2.43 bits per heavy atom. The SMILES string of the molecule is CC(C)COC(=O)C#C[C@H]1C[C@H](OC2CCN(C(=O)O)CC2)C1. The lowest BCUT2D eigenvalue weighted by atomic mass is 9.82. The Morgan fingerprint density at radius 1 is 1.22 bits per heavy atom. The van der Waals surface area contributed by atoms with Gasteiger partial charge < -0.3 is 19.5 Å². The van der Waals surface area contributed by atoms with Crippen molar-refractivity contribution in [3.8, 4) is 11.8 Å². The smallest absolute Gasteiger partial charge is 0.407 e. The third-order valence-corrected chi connectivity index (χ3v) is 4.12. The number of nitrogens with zero attached hydrogens (tertiary/aromatic N) is 1. The molecule has 1 aliphatic heterocycles. The minimum atomic E-state index is -0.855. The fraction of sp³-hybridized carbons (Fsp3) is 0.765. The Kier molecular flexibility index (Phi) is 6.28. The molecule has 1 N–H and O–H groups in total. The van der Waals surface area contributed by atoms with Crippen molar-refractivity contribution in [1.29, 1.82) is 0 Å². The quantitative estimate of drug-likeness (QED) is 0.487. The van der Waals surface area contributed by atoms with E-state index in [9.17, 15) is 9.59 Å². The van der Waals surface area contributed by atoms with Gasteiger partial charge in [-0.1, -0.05) is 19.8 Å². The summed E-state index contributed by atoms with van der Waals surface area (Å²) in [5, 5.41) is 8.90. The van der Waals surface area contributed by atoms with E-state index in [4.69, 9.17) is 14.6 Å². The average molecular weight is 323 g/mol. The molecule has 2 rings (SSSR count). The molecule has 0 unspecified atom stereocenters. The first-order valence-corrected chi connectivity index (χ1v) is 8.25. The van der Waals surface area contributed by atoms with Gasteiger partial charge in [0.1, 0.15) is 0 Å². The van der Waals surface area contributed by atoms with Crippen LogP contribution in [0.1, 0.15) is 39.5 Å². The van der Waals surface area contributed by atoms with Gasteiger partial charge in [-0.05, 0) is 31.6 Å². The lowest BCUT2D eigenvalue weighted by molar-refractivity contribution is -0.137. The standard InChI is InChI=1S/C17H25NO5/c1-12(2)11-22-16(19)4-3-13-9-15(10-13)23-14-5-7-18(8-6-14)17(20)21/h12-15H,5-11H2,1-2H3,(H,20,21)/t13-,15-. The largest absolute Gasteiger partial charge is 0.465 e. The topological polar surface area (TPSA) is 76.1 Å². The zero-order chi connectivity index (χ0) is 16.8. The van der Waals surface area contributed by atoms with Gasteiger partial charge in [0.05, 0.1) is 18.8 Å². The van der Waals surface area contributed by atoms with Crippen molar-refractivity contribution >= 4 is 12.1 Å². The van der Waals surface area contributed by atoms with E-state index in [1.807, 2.05) is 13.8 Å². The molecule has 1 amide bonds. The van der Waals surface area contributed by atoms with E-state index < -0.39 is 12.1 Å². The number of amides is 1. The first-order chi connectivity index (χ1) is 10.9. The molecule has 1 saturated carbocycles. The summed E-state index contributed by atoms with van der Waals surface area (Å²) in [4.78, 5) is 23.7. The zero-order valence-corrected chi connectivity index (χ0v) is 13.8. The van der Waals surface area contributed by atoms with Crippen LogP contribution in [0.5, 0.6) is 0 Å². The van der Waals surface area contributed by atoms with Crippen molar-refractivity contribution in [3.05, 3.63) is 0 Å². The minimum Gasteiger partial charge on any atom is -0.465 e. The molecule has 0 spiro atoms. The summed E-state index contributed by atoms with van der Waals surface area (Å²) in [6.07, 6.45) is 2.64. The molecular weight excluding hydrogens is 298 g/mol. The summed E-state index contributed by atoms with van der Waals surface area (Å²) in [6, 6.07) is 0. The van der Waals surface area contributed by atoms with Crippen molar-refractivity contribution in [2.75, 3.05) is 19.7 Å². The maximum absolute atomic E-state index is 11.4. The summed E-state index contributed by atoms with van der Waals surface area (Å²) in [5.74, 6) is 5.54. The lowest BCUT2D eigenvalue weighted by Gasteiger charge is -2.37. The van der Waals surface area contributed by atoms with Crippen LogP contribution in [-0.4, -0.2) is 54.0 Å². The second-order valence-corrected chi connectivity index (χ2v) is 6.66. The van der Waals surface area contributed by atoms with Crippen LogP contribution in [0.2, 0.25) is 0 Å². The van der Waals surface area contributed by atoms with E-state index in [1.165, 1.54) is 4.90 Å². The number of piperidine rings is 1. The van der Waals surface area contributed by atoms with E-state index in [2.05, 4.69) is 11.8 Å². The highest BCUT2D eigenvalue weighted by molar-refractivity contribution is 5.88. The molecule has 0 aromatic rings. The van der Waals surface area contributed by atoms with E-state index in [-0.39, 0.29) is 18.1 Å². The normalized spacial score (nSPS) is 24.6. The van der Waals surface area contributed by atoms with Gasteiger partial charge in [-0.3, -0.25) is 0 Å². The van der Waals surface area contributed by atoms with Crippen LogP contribution >= 0.6 is 0 Å². The van der Waals surface area contributed by atoms with Crippen LogP contribution in [-0.2, 0) is 14.3 Å². The minimum absolute atomic E-state index is 0.139. The first-order valence-electron chi connectivity index (χ1n) is 8.25. The molecule has 0 aromatic heterocycles. The fourth-order valence-corrected chi connectivity index (χ4v) is 2.69. The van der Waals surface area contributed by atoms with Crippen LogP contribution in [0.15, 0.2) is 0 Å². The summed E-state index contributed by atoms with van der Waals surface area (Å²) in [6.45, 7) is 5.44. The number of carboxylic acid groups (broad SMARTS) is 1. The van der Waals surface area contributed by atoms with Gasteiger partial charge in [0.2, 0.25) is 0 Å². The molecule has 23 heavy (non-hydrogen) atoms. The fourth-order valence-electron chi connectivity index (χ4n) is 2.69. The number of ether oxygens (including phenoxy) is 2. The average Bonchev–Trinajstić information content (AvgIpc) is 2.47. The number of carbonyl (C=O) groups excluding carboxylic acids is 1. The van der Waals surface area contributed by atoms with E-state index >= 15 is 0 Å². The monoisotopic (exact) mass is 323 g/mol. The Labute approximate surface area is 137 Å². The molecule has 0 radical (unpaired) electrons. The van der Waals surface area contributed by atoms with Gasteiger partial charge >= 0.3 is 12.1 Å². The van der Waals surface area contributed by atoms with E-state index in [0.29, 0.717) is 25.6 Å². The van der Waals surface area contributed by atoms with Crippen molar-refractivity contribution in [2.24, 2.45) is 11.8 Å². The number of esters is 1. The summed E-state index contributed by atoms with van der Waals surface area (Å²) >= 11 is 0. The second kappa shape index (κ2) is 8.21. The van der Waals surface area contributed by atoms with Gasteiger partial charge in [-0.2, -0.15) is 0 Å².